The van der Waals surface area contributed by atoms with Crippen molar-refractivity contribution in [3.8, 4) is 23.0 Å². The Balaban J connectivity index is 1.86. The standard InChI is InChI=1S/C54H82O3S6/c1-33-25-39(26-34(2)45(33)55)62(21,22)60-53(17,18)58-37-29-41(49(5,6)7)47(42(30-37)50(8,9)10)57-48-43(51(11,12)13)31-38(32-44(48)52(14,15)16)59-54(19,20)61-63(23,24)40-27-35(3)46(56)36(4)28-40/h25-32,55-56H,1-24H3. The van der Waals surface area contributed by atoms with E-state index in [2.05, 4.69) is 184 Å². The molecule has 4 aromatic rings. The lowest BCUT2D eigenvalue weighted by molar-refractivity contribution is 0.402. The third kappa shape index (κ3) is 13.3. The summed E-state index contributed by atoms with van der Waals surface area (Å²) >= 11 is 3.89. The predicted molar refractivity (Wildman–Crippen MR) is 293 cm³/mol. The van der Waals surface area contributed by atoms with Crippen molar-refractivity contribution in [2.75, 3.05) is 25.0 Å². The number of benzene rings is 4. The SMILES string of the molecule is Cc1cc(S(C)(C)SC(C)(C)Sc2cc(C(C)(C)C)c(Oc3c(C(C)(C)C)cc(SC(C)(C)SS(C)(C)c4cc(C)c(O)c(C)c4)cc3C(C)(C)C)c(C(C)(C)C)c2)cc(C)c1O. The lowest BCUT2D eigenvalue weighted by Crippen LogP contribution is -2.23. The molecule has 0 saturated heterocycles. The topological polar surface area (TPSA) is 49.7 Å². The van der Waals surface area contributed by atoms with E-state index in [1.165, 1.54) is 41.8 Å². The van der Waals surface area contributed by atoms with Gasteiger partial charge in [0.1, 0.15) is 23.0 Å². The Hall–Kier alpha value is -1.62. The summed E-state index contributed by atoms with van der Waals surface area (Å²) in [6.07, 6.45) is 9.53. The summed E-state index contributed by atoms with van der Waals surface area (Å²) in [6.45, 7) is 45.3. The van der Waals surface area contributed by atoms with Gasteiger partial charge in [0.25, 0.3) is 0 Å². The zero-order valence-corrected chi connectivity index (χ0v) is 48.3. The van der Waals surface area contributed by atoms with Gasteiger partial charge in [0.2, 0.25) is 0 Å². The minimum Gasteiger partial charge on any atom is -0.507 e. The number of ether oxygens (including phenoxy) is 1. The summed E-state index contributed by atoms with van der Waals surface area (Å²) in [5, 5.41) is 21.1. The van der Waals surface area contributed by atoms with Crippen LogP contribution in [0.5, 0.6) is 23.0 Å². The molecule has 0 bridgehead atoms. The van der Waals surface area contributed by atoms with E-state index in [1.54, 1.807) is 0 Å². The van der Waals surface area contributed by atoms with Crippen LogP contribution in [0, 0.1) is 27.7 Å². The van der Waals surface area contributed by atoms with Crippen LogP contribution in [0.25, 0.3) is 0 Å². The van der Waals surface area contributed by atoms with Gasteiger partial charge < -0.3 is 14.9 Å². The number of aromatic hydroxyl groups is 2. The molecule has 9 heteroatoms. The van der Waals surface area contributed by atoms with Crippen molar-refractivity contribution in [3.63, 3.8) is 0 Å². The van der Waals surface area contributed by atoms with E-state index in [4.69, 9.17) is 4.74 Å². The van der Waals surface area contributed by atoms with E-state index < -0.39 is 18.1 Å². The number of aryl methyl sites for hydroxylation is 4. The number of phenolic OH excluding ortho intramolecular Hbond substituents is 2. The van der Waals surface area contributed by atoms with E-state index in [0.717, 1.165) is 33.8 Å². The monoisotopic (exact) mass is 970 g/mol. The molecule has 63 heavy (non-hydrogen) atoms. The molecule has 0 spiro atoms. The Morgan fingerprint density at radius 2 is 0.619 bits per heavy atom. The molecule has 352 valence electrons. The zero-order valence-electron chi connectivity index (χ0n) is 43.4. The normalized spacial score (nSPS) is 14.3. The Kier molecular flexibility index (Phi) is 15.8. The molecule has 0 radical (unpaired) electrons. The van der Waals surface area contributed by atoms with Crippen LogP contribution in [0.1, 0.15) is 155 Å². The molecule has 0 heterocycles. The molecule has 0 atom stereocenters. The number of hydrogen-bond acceptors (Lipinski definition) is 7. The van der Waals surface area contributed by atoms with Crippen LogP contribution in [0.3, 0.4) is 0 Å². The summed E-state index contributed by atoms with van der Waals surface area (Å²) in [7, 11) is 1.59. The smallest absolute Gasteiger partial charge is 0.134 e. The van der Waals surface area contributed by atoms with Gasteiger partial charge in [0.05, 0.1) is 8.16 Å². The lowest BCUT2D eigenvalue weighted by atomic mass is 9.78. The van der Waals surface area contributed by atoms with Crippen LogP contribution in [-0.4, -0.2) is 43.4 Å². The van der Waals surface area contributed by atoms with E-state index >= 15 is 0 Å². The Bertz CT molecular complexity index is 2050. The average molecular weight is 972 g/mol. The number of thioether (sulfide) groups is 2. The van der Waals surface area contributed by atoms with Crippen molar-refractivity contribution in [3.05, 3.63) is 93.0 Å². The maximum absolute atomic E-state index is 10.6. The largest absolute Gasteiger partial charge is 0.507 e. The van der Waals surface area contributed by atoms with Gasteiger partial charge in [-0.15, -0.1) is 23.5 Å². The highest BCUT2D eigenvalue weighted by Gasteiger charge is 2.37. The second-order valence-corrected chi connectivity index (χ2v) is 41.4. The first-order valence-electron chi connectivity index (χ1n) is 22.1. The minimum atomic E-state index is -1.26. The van der Waals surface area contributed by atoms with Gasteiger partial charge in [0.15, 0.2) is 0 Å². The fourth-order valence-corrected chi connectivity index (χ4v) is 25.6. The molecular weight excluding hydrogens is 889 g/mol. The first-order valence-corrected chi connectivity index (χ1v) is 31.3. The van der Waals surface area contributed by atoms with Crippen molar-refractivity contribution in [1.29, 1.82) is 0 Å². The van der Waals surface area contributed by atoms with Gasteiger partial charge in [-0.05, 0) is 183 Å². The fourth-order valence-electron chi connectivity index (χ4n) is 7.97. The number of phenols is 2. The second kappa shape index (κ2) is 18.5. The van der Waals surface area contributed by atoms with E-state index in [1.807, 2.05) is 72.8 Å². The maximum atomic E-state index is 10.6. The van der Waals surface area contributed by atoms with Crippen molar-refractivity contribution in [2.45, 2.75) is 188 Å². The van der Waals surface area contributed by atoms with Crippen LogP contribution >= 0.6 is 63.2 Å². The van der Waals surface area contributed by atoms with E-state index in [-0.39, 0.29) is 29.8 Å². The molecule has 0 amide bonds. The molecule has 0 fully saturated rings. The summed E-state index contributed by atoms with van der Waals surface area (Å²) in [4.78, 5) is 5.13. The summed E-state index contributed by atoms with van der Waals surface area (Å²) in [5.41, 5.74) is 7.85. The molecular formula is C54H82O3S6. The van der Waals surface area contributed by atoms with Gasteiger partial charge in [0, 0.05) is 32.0 Å². The molecule has 3 nitrogen and oxygen atoms in total. The minimum absolute atomic E-state index is 0.137. The first-order chi connectivity index (χ1) is 28.1. The molecule has 0 unspecified atom stereocenters. The summed E-state index contributed by atoms with van der Waals surface area (Å²) < 4.78 is 7.39. The second-order valence-electron chi connectivity index (χ2n) is 23.2. The van der Waals surface area contributed by atoms with E-state index in [9.17, 15) is 10.2 Å². The highest BCUT2D eigenvalue weighted by molar-refractivity contribution is 8.95. The number of rotatable bonds is 12. The van der Waals surface area contributed by atoms with Gasteiger partial charge in [-0.1, -0.05) is 105 Å². The molecule has 2 N–H and O–H groups in total. The predicted octanol–water partition coefficient (Wildman–Crippen LogP) is 18.5. The third-order valence-corrected chi connectivity index (χ3v) is 25.3. The molecule has 0 aromatic heterocycles. The molecule has 0 saturated carbocycles. The van der Waals surface area contributed by atoms with Crippen LogP contribution in [-0.2, 0) is 21.7 Å². The summed E-state index contributed by atoms with van der Waals surface area (Å²) in [6, 6.07) is 18.4. The Labute approximate surface area is 404 Å². The highest BCUT2D eigenvalue weighted by atomic mass is 33.2. The van der Waals surface area contributed by atoms with E-state index in [0.29, 0.717) is 11.5 Å². The fraction of sp³-hybridized carbons (Fsp3) is 0.556. The van der Waals surface area contributed by atoms with Crippen molar-refractivity contribution in [2.24, 2.45) is 0 Å². The van der Waals surface area contributed by atoms with Gasteiger partial charge in [-0.3, -0.25) is 0 Å². The molecule has 4 aromatic carbocycles. The van der Waals surface area contributed by atoms with Crippen LogP contribution < -0.4 is 4.74 Å². The summed E-state index contributed by atoms with van der Waals surface area (Å²) in [5.74, 6) is 2.75. The molecule has 0 aliphatic carbocycles. The molecule has 4 rings (SSSR count). The molecule has 0 aliphatic heterocycles. The van der Waals surface area contributed by atoms with Crippen molar-refractivity contribution < 1.29 is 14.9 Å². The Morgan fingerprint density at radius 1 is 0.397 bits per heavy atom. The van der Waals surface area contributed by atoms with Crippen molar-refractivity contribution in [1.82, 2.24) is 0 Å². The van der Waals surface area contributed by atoms with Crippen LogP contribution in [0.4, 0.5) is 0 Å². The third-order valence-electron chi connectivity index (χ3n) is 11.2. The maximum Gasteiger partial charge on any atom is 0.134 e. The van der Waals surface area contributed by atoms with Gasteiger partial charge in [-0.25, -0.2) is 0 Å². The molecule has 0 aliphatic rings. The Morgan fingerprint density at radius 3 is 0.825 bits per heavy atom. The van der Waals surface area contributed by atoms with Crippen molar-refractivity contribution >= 4 is 63.2 Å². The quantitative estimate of drug-likeness (QED) is 0.0833. The van der Waals surface area contributed by atoms with Crippen LogP contribution in [0.2, 0.25) is 0 Å². The van der Waals surface area contributed by atoms with Gasteiger partial charge in [-0.2, -0.15) is 18.1 Å². The highest BCUT2D eigenvalue weighted by Crippen LogP contribution is 2.69. The first kappa shape index (κ1) is 54.0. The zero-order chi connectivity index (χ0) is 48.4. The lowest BCUT2D eigenvalue weighted by Gasteiger charge is -2.40. The van der Waals surface area contributed by atoms with Crippen LogP contribution in [0.15, 0.2) is 68.1 Å². The average Bonchev–Trinajstić information content (AvgIpc) is 3.06. The van der Waals surface area contributed by atoms with Gasteiger partial charge >= 0.3 is 0 Å². The number of hydrogen-bond donors (Lipinski definition) is 2.